The molecule has 2 aromatic heterocycles. The highest BCUT2D eigenvalue weighted by Crippen LogP contribution is 2.30. The fourth-order valence-corrected chi connectivity index (χ4v) is 2.39. The van der Waals surface area contributed by atoms with Gasteiger partial charge in [-0.1, -0.05) is 17.8 Å². The molecule has 0 saturated heterocycles. The standard InChI is InChI=1S/C10H7N3O2S/c14-9-8(4-3-7-2-1-5-15-7)16-10-12-11-6-13(9)10/h1-6,8H/b4-3-. The van der Waals surface area contributed by atoms with E-state index < -0.39 is 0 Å². The van der Waals surface area contributed by atoms with E-state index in [0.717, 1.165) is 5.76 Å². The van der Waals surface area contributed by atoms with E-state index in [1.54, 1.807) is 24.5 Å². The van der Waals surface area contributed by atoms with Crippen LogP contribution in [0.25, 0.3) is 6.08 Å². The average molecular weight is 233 g/mol. The molecular weight excluding hydrogens is 226 g/mol. The molecule has 1 aliphatic heterocycles. The molecule has 1 aliphatic rings. The third-order valence-electron chi connectivity index (χ3n) is 2.21. The molecule has 0 fully saturated rings. The van der Waals surface area contributed by atoms with Gasteiger partial charge < -0.3 is 4.42 Å². The Morgan fingerprint density at radius 3 is 3.25 bits per heavy atom. The van der Waals surface area contributed by atoms with Gasteiger partial charge in [-0.3, -0.25) is 4.79 Å². The smallest absolute Gasteiger partial charge is 0.251 e. The molecule has 0 saturated carbocycles. The molecule has 2 aromatic rings. The van der Waals surface area contributed by atoms with Crippen molar-refractivity contribution in [2.75, 3.05) is 0 Å². The summed E-state index contributed by atoms with van der Waals surface area (Å²) in [5, 5.41) is 7.91. The molecule has 0 spiro atoms. The number of thioether (sulfide) groups is 1. The van der Waals surface area contributed by atoms with E-state index in [1.165, 1.54) is 22.7 Å². The Morgan fingerprint density at radius 1 is 1.56 bits per heavy atom. The van der Waals surface area contributed by atoms with Gasteiger partial charge in [0, 0.05) is 0 Å². The van der Waals surface area contributed by atoms with Crippen molar-refractivity contribution in [3.63, 3.8) is 0 Å². The van der Waals surface area contributed by atoms with Crippen LogP contribution >= 0.6 is 11.8 Å². The van der Waals surface area contributed by atoms with Crippen molar-refractivity contribution in [2.24, 2.45) is 0 Å². The molecule has 16 heavy (non-hydrogen) atoms. The zero-order valence-electron chi connectivity index (χ0n) is 8.11. The second kappa shape index (κ2) is 3.64. The maximum absolute atomic E-state index is 11.8. The Bertz CT molecular complexity index is 544. The molecule has 1 atom stereocenters. The normalized spacial score (nSPS) is 19.5. The Morgan fingerprint density at radius 2 is 2.50 bits per heavy atom. The average Bonchev–Trinajstić information content (AvgIpc) is 2.96. The molecule has 0 N–H and O–H groups in total. The minimum Gasteiger partial charge on any atom is -0.465 e. The summed E-state index contributed by atoms with van der Waals surface area (Å²) >= 11 is 1.38. The van der Waals surface area contributed by atoms with Crippen LogP contribution in [0.15, 0.2) is 40.4 Å². The van der Waals surface area contributed by atoms with Crippen molar-refractivity contribution >= 4 is 23.7 Å². The van der Waals surface area contributed by atoms with Crippen LogP contribution < -0.4 is 0 Å². The van der Waals surface area contributed by atoms with E-state index in [9.17, 15) is 4.79 Å². The van der Waals surface area contributed by atoms with Crippen LogP contribution in [0.4, 0.5) is 0 Å². The third kappa shape index (κ3) is 1.47. The monoisotopic (exact) mass is 233 g/mol. The maximum atomic E-state index is 11.8. The van der Waals surface area contributed by atoms with Crippen LogP contribution in [-0.4, -0.2) is 25.9 Å². The first kappa shape index (κ1) is 9.41. The van der Waals surface area contributed by atoms with Crippen LogP contribution in [0.5, 0.6) is 0 Å². The zero-order chi connectivity index (χ0) is 11.0. The number of hydrogen-bond donors (Lipinski definition) is 0. The van der Waals surface area contributed by atoms with Gasteiger partial charge >= 0.3 is 0 Å². The minimum absolute atomic E-state index is 0.0205. The highest BCUT2D eigenvalue weighted by Gasteiger charge is 2.30. The van der Waals surface area contributed by atoms with E-state index in [-0.39, 0.29) is 11.2 Å². The highest BCUT2D eigenvalue weighted by molar-refractivity contribution is 8.01. The topological polar surface area (TPSA) is 60.9 Å². The summed E-state index contributed by atoms with van der Waals surface area (Å²) in [6, 6.07) is 3.64. The maximum Gasteiger partial charge on any atom is 0.251 e. The van der Waals surface area contributed by atoms with Crippen molar-refractivity contribution in [1.29, 1.82) is 0 Å². The number of carbonyl (C=O) groups excluding carboxylic acids is 1. The molecule has 3 heterocycles. The Balaban J connectivity index is 1.80. The summed E-state index contributed by atoms with van der Waals surface area (Å²) < 4.78 is 6.61. The van der Waals surface area contributed by atoms with E-state index in [2.05, 4.69) is 10.2 Å². The molecule has 0 aromatic carbocycles. The van der Waals surface area contributed by atoms with Crippen LogP contribution in [-0.2, 0) is 0 Å². The fourth-order valence-electron chi connectivity index (χ4n) is 1.45. The van der Waals surface area contributed by atoms with E-state index in [0.29, 0.717) is 5.16 Å². The number of furan rings is 1. The SMILES string of the molecule is O=C1C(/C=C\c2ccco2)Sc2nncn21. The molecule has 0 aliphatic carbocycles. The molecule has 0 bridgehead atoms. The number of hydrogen-bond acceptors (Lipinski definition) is 5. The lowest BCUT2D eigenvalue weighted by atomic mass is 10.3. The molecule has 0 amide bonds. The fraction of sp³-hybridized carbons (Fsp3) is 0.100. The molecule has 0 radical (unpaired) electrons. The van der Waals surface area contributed by atoms with E-state index in [4.69, 9.17) is 4.42 Å². The molecular formula is C10H7N3O2S. The Kier molecular flexibility index (Phi) is 2.14. The predicted octanol–water partition coefficient (Wildman–Crippen LogP) is 1.70. The van der Waals surface area contributed by atoms with Crippen LogP contribution in [0.1, 0.15) is 10.6 Å². The minimum atomic E-state index is -0.240. The second-order valence-electron chi connectivity index (χ2n) is 3.23. The summed E-state index contributed by atoms with van der Waals surface area (Å²) in [5.74, 6) is 0.712. The van der Waals surface area contributed by atoms with Crippen LogP contribution in [0.2, 0.25) is 0 Å². The van der Waals surface area contributed by atoms with Crippen molar-refractivity contribution < 1.29 is 9.21 Å². The number of aromatic nitrogens is 3. The van der Waals surface area contributed by atoms with E-state index >= 15 is 0 Å². The number of carbonyl (C=O) groups is 1. The summed E-state index contributed by atoms with van der Waals surface area (Å²) in [7, 11) is 0. The summed E-state index contributed by atoms with van der Waals surface area (Å²) in [5.41, 5.74) is 0. The van der Waals surface area contributed by atoms with Crippen LogP contribution in [0.3, 0.4) is 0 Å². The van der Waals surface area contributed by atoms with Gasteiger partial charge in [0.1, 0.15) is 17.3 Å². The number of fused-ring (bicyclic) bond motifs is 1. The van der Waals surface area contributed by atoms with Crippen molar-refractivity contribution in [3.05, 3.63) is 36.6 Å². The largest absolute Gasteiger partial charge is 0.465 e. The van der Waals surface area contributed by atoms with E-state index in [1.807, 2.05) is 6.07 Å². The van der Waals surface area contributed by atoms with Gasteiger partial charge in [-0.2, -0.15) is 0 Å². The number of nitrogens with zero attached hydrogens (tertiary/aromatic N) is 3. The first-order valence-corrected chi connectivity index (χ1v) is 5.55. The van der Waals surface area contributed by atoms with Crippen molar-refractivity contribution in [2.45, 2.75) is 10.4 Å². The lowest BCUT2D eigenvalue weighted by Crippen LogP contribution is -2.14. The Labute approximate surface area is 95.2 Å². The van der Waals surface area contributed by atoms with Crippen LogP contribution in [0, 0.1) is 0 Å². The Hall–Kier alpha value is -1.82. The lowest BCUT2D eigenvalue weighted by molar-refractivity contribution is 0.0921. The van der Waals surface area contributed by atoms with Gasteiger partial charge in [-0.25, -0.2) is 4.57 Å². The first-order valence-electron chi connectivity index (χ1n) is 4.67. The van der Waals surface area contributed by atoms with Gasteiger partial charge in [-0.15, -0.1) is 10.2 Å². The quantitative estimate of drug-likeness (QED) is 0.790. The summed E-state index contributed by atoms with van der Waals surface area (Å²) in [6.45, 7) is 0. The lowest BCUT2D eigenvalue weighted by Gasteiger charge is -1.97. The van der Waals surface area contributed by atoms with Gasteiger partial charge in [0.05, 0.1) is 6.26 Å². The zero-order valence-corrected chi connectivity index (χ0v) is 8.92. The van der Waals surface area contributed by atoms with Gasteiger partial charge in [0.2, 0.25) is 0 Å². The second-order valence-corrected chi connectivity index (χ2v) is 4.34. The van der Waals surface area contributed by atoms with Gasteiger partial charge in [0.15, 0.2) is 5.16 Å². The van der Waals surface area contributed by atoms with Gasteiger partial charge in [0.25, 0.3) is 5.91 Å². The molecule has 6 heteroatoms. The highest BCUT2D eigenvalue weighted by atomic mass is 32.2. The molecule has 1 unspecified atom stereocenters. The third-order valence-corrected chi connectivity index (χ3v) is 3.31. The van der Waals surface area contributed by atoms with Crippen molar-refractivity contribution in [1.82, 2.24) is 14.8 Å². The van der Waals surface area contributed by atoms with Crippen molar-refractivity contribution in [3.8, 4) is 0 Å². The first-order chi connectivity index (χ1) is 7.84. The summed E-state index contributed by atoms with van der Waals surface area (Å²) in [6.07, 6.45) is 6.62. The molecule has 80 valence electrons. The number of rotatable bonds is 2. The molecule has 5 nitrogen and oxygen atoms in total. The molecule has 3 rings (SSSR count). The van der Waals surface area contributed by atoms with Gasteiger partial charge in [-0.05, 0) is 18.2 Å². The predicted molar refractivity (Wildman–Crippen MR) is 58.0 cm³/mol. The summed E-state index contributed by atoms with van der Waals surface area (Å²) in [4.78, 5) is 11.8.